The monoisotopic (exact) mass is 223 g/mol. The largest absolute Gasteiger partial charge is 0.469 e. The lowest BCUT2D eigenvalue weighted by Gasteiger charge is -2.03. The summed E-state index contributed by atoms with van der Waals surface area (Å²) >= 11 is 0. The summed E-state index contributed by atoms with van der Waals surface area (Å²) in [4.78, 5) is 0. The van der Waals surface area contributed by atoms with Gasteiger partial charge in [0.15, 0.2) is 0 Å². The van der Waals surface area contributed by atoms with E-state index in [0.717, 1.165) is 18.7 Å². The summed E-state index contributed by atoms with van der Waals surface area (Å²) in [5.74, 6) is 1.10. The Balaban J connectivity index is 1.78. The molecular weight excluding hydrogens is 198 g/mol. The van der Waals surface area contributed by atoms with E-state index in [0.29, 0.717) is 0 Å². The van der Waals surface area contributed by atoms with Crippen LogP contribution in [0, 0.1) is 0 Å². The van der Waals surface area contributed by atoms with Crippen LogP contribution in [0.3, 0.4) is 0 Å². The van der Waals surface area contributed by atoms with Gasteiger partial charge < -0.3 is 9.73 Å². The van der Waals surface area contributed by atoms with Crippen molar-refractivity contribution >= 4 is 0 Å². The van der Waals surface area contributed by atoms with Crippen molar-refractivity contribution in [3.8, 4) is 0 Å². The first-order valence-electron chi connectivity index (χ1n) is 6.66. The van der Waals surface area contributed by atoms with E-state index in [2.05, 4.69) is 12.2 Å². The summed E-state index contributed by atoms with van der Waals surface area (Å²) < 4.78 is 5.28. The molecule has 1 heterocycles. The van der Waals surface area contributed by atoms with E-state index in [1.165, 1.54) is 45.1 Å². The SMILES string of the molecule is CCCCCCCNCCCc1ccco1. The highest BCUT2D eigenvalue weighted by Gasteiger charge is 1.95. The number of hydrogen-bond donors (Lipinski definition) is 1. The minimum absolute atomic E-state index is 1.05. The molecule has 1 N–H and O–H groups in total. The van der Waals surface area contributed by atoms with Gasteiger partial charge in [-0.3, -0.25) is 0 Å². The van der Waals surface area contributed by atoms with Crippen LogP contribution in [-0.4, -0.2) is 13.1 Å². The van der Waals surface area contributed by atoms with Gasteiger partial charge in [-0.1, -0.05) is 32.6 Å². The van der Waals surface area contributed by atoms with E-state index in [-0.39, 0.29) is 0 Å². The molecule has 2 nitrogen and oxygen atoms in total. The van der Waals surface area contributed by atoms with E-state index < -0.39 is 0 Å². The van der Waals surface area contributed by atoms with E-state index in [9.17, 15) is 0 Å². The number of aryl methyl sites for hydroxylation is 1. The summed E-state index contributed by atoms with van der Waals surface area (Å²) in [6, 6.07) is 4.00. The summed E-state index contributed by atoms with van der Waals surface area (Å²) in [6.07, 6.45) is 10.8. The number of rotatable bonds is 10. The molecule has 92 valence electrons. The third-order valence-electron chi connectivity index (χ3n) is 2.81. The van der Waals surface area contributed by atoms with Crippen molar-refractivity contribution in [3.63, 3.8) is 0 Å². The average molecular weight is 223 g/mol. The highest BCUT2D eigenvalue weighted by Crippen LogP contribution is 2.03. The minimum atomic E-state index is 1.05. The van der Waals surface area contributed by atoms with Crippen LogP contribution in [-0.2, 0) is 6.42 Å². The molecule has 0 radical (unpaired) electrons. The van der Waals surface area contributed by atoms with Gasteiger partial charge >= 0.3 is 0 Å². The van der Waals surface area contributed by atoms with E-state index >= 15 is 0 Å². The molecule has 0 unspecified atom stereocenters. The lowest BCUT2D eigenvalue weighted by Crippen LogP contribution is -2.17. The lowest BCUT2D eigenvalue weighted by atomic mass is 10.1. The van der Waals surface area contributed by atoms with Crippen molar-refractivity contribution in [1.29, 1.82) is 0 Å². The van der Waals surface area contributed by atoms with Crippen LogP contribution in [0.4, 0.5) is 0 Å². The third kappa shape index (κ3) is 6.67. The van der Waals surface area contributed by atoms with Crippen LogP contribution in [0.15, 0.2) is 22.8 Å². The Morgan fingerprint density at radius 3 is 2.62 bits per heavy atom. The molecule has 0 spiro atoms. The smallest absolute Gasteiger partial charge is 0.103 e. The van der Waals surface area contributed by atoms with Crippen molar-refractivity contribution < 1.29 is 4.42 Å². The molecule has 0 saturated carbocycles. The maximum Gasteiger partial charge on any atom is 0.103 e. The molecule has 0 atom stereocenters. The molecule has 0 aliphatic rings. The number of nitrogens with one attached hydrogen (secondary N) is 1. The van der Waals surface area contributed by atoms with Gasteiger partial charge in [-0.25, -0.2) is 0 Å². The molecule has 0 fully saturated rings. The zero-order valence-electron chi connectivity index (χ0n) is 10.5. The topological polar surface area (TPSA) is 25.2 Å². The maximum atomic E-state index is 5.28. The van der Waals surface area contributed by atoms with Crippen molar-refractivity contribution in [1.82, 2.24) is 5.32 Å². The van der Waals surface area contributed by atoms with Crippen molar-refractivity contribution in [3.05, 3.63) is 24.2 Å². The quantitative estimate of drug-likeness (QED) is 0.611. The zero-order valence-corrected chi connectivity index (χ0v) is 10.5. The van der Waals surface area contributed by atoms with E-state index in [1.54, 1.807) is 6.26 Å². The van der Waals surface area contributed by atoms with Crippen molar-refractivity contribution in [2.24, 2.45) is 0 Å². The molecule has 0 saturated heterocycles. The van der Waals surface area contributed by atoms with Gasteiger partial charge in [-0.15, -0.1) is 0 Å². The Morgan fingerprint density at radius 2 is 1.88 bits per heavy atom. The van der Waals surface area contributed by atoms with Crippen LogP contribution in [0.2, 0.25) is 0 Å². The molecule has 0 aromatic carbocycles. The molecule has 2 heteroatoms. The van der Waals surface area contributed by atoms with Crippen LogP contribution in [0.25, 0.3) is 0 Å². The first kappa shape index (κ1) is 13.3. The third-order valence-corrected chi connectivity index (χ3v) is 2.81. The summed E-state index contributed by atoms with van der Waals surface area (Å²) in [7, 11) is 0. The molecule has 16 heavy (non-hydrogen) atoms. The van der Waals surface area contributed by atoms with Gasteiger partial charge in [-0.05, 0) is 38.1 Å². The van der Waals surface area contributed by atoms with E-state index in [4.69, 9.17) is 4.42 Å². The molecule has 0 aliphatic heterocycles. The Labute approximate surface area is 99.4 Å². The second kappa shape index (κ2) is 9.46. The average Bonchev–Trinajstić information content (AvgIpc) is 2.80. The molecule has 1 aromatic rings. The fraction of sp³-hybridized carbons (Fsp3) is 0.714. The van der Waals surface area contributed by atoms with Gasteiger partial charge in [0, 0.05) is 6.42 Å². The molecule has 0 amide bonds. The molecule has 0 bridgehead atoms. The van der Waals surface area contributed by atoms with Gasteiger partial charge in [-0.2, -0.15) is 0 Å². The van der Waals surface area contributed by atoms with Gasteiger partial charge in [0.2, 0.25) is 0 Å². The first-order chi connectivity index (χ1) is 7.93. The summed E-state index contributed by atoms with van der Waals surface area (Å²) in [6.45, 7) is 4.53. The molecule has 1 aromatic heterocycles. The fourth-order valence-electron chi connectivity index (χ4n) is 1.82. The minimum Gasteiger partial charge on any atom is -0.469 e. The molecular formula is C14H25NO. The van der Waals surface area contributed by atoms with E-state index in [1.807, 2.05) is 12.1 Å². The highest BCUT2D eigenvalue weighted by atomic mass is 16.3. The van der Waals surface area contributed by atoms with Gasteiger partial charge in [0.05, 0.1) is 6.26 Å². The number of furan rings is 1. The van der Waals surface area contributed by atoms with Crippen molar-refractivity contribution in [2.75, 3.05) is 13.1 Å². The fourth-order valence-corrected chi connectivity index (χ4v) is 1.82. The Morgan fingerprint density at radius 1 is 1.06 bits per heavy atom. The molecule has 0 aliphatic carbocycles. The highest BCUT2D eigenvalue weighted by molar-refractivity contribution is 4.97. The summed E-state index contributed by atoms with van der Waals surface area (Å²) in [5.41, 5.74) is 0. The Hall–Kier alpha value is -0.760. The Bertz CT molecular complexity index is 231. The van der Waals surface area contributed by atoms with Crippen LogP contribution in [0.1, 0.15) is 51.2 Å². The number of unbranched alkanes of at least 4 members (excludes halogenated alkanes) is 4. The van der Waals surface area contributed by atoms with Crippen molar-refractivity contribution in [2.45, 2.75) is 51.9 Å². The predicted molar refractivity (Wildman–Crippen MR) is 68.7 cm³/mol. The van der Waals surface area contributed by atoms with Gasteiger partial charge in [0.1, 0.15) is 5.76 Å². The van der Waals surface area contributed by atoms with Crippen LogP contribution in [0.5, 0.6) is 0 Å². The normalized spacial score (nSPS) is 10.8. The van der Waals surface area contributed by atoms with Gasteiger partial charge in [0.25, 0.3) is 0 Å². The predicted octanol–water partition coefficient (Wildman–Crippen LogP) is 3.77. The standard InChI is InChI=1S/C14H25NO/c1-2-3-4-5-6-11-15-12-7-9-14-10-8-13-16-14/h8,10,13,15H,2-7,9,11-12H2,1H3. The van der Waals surface area contributed by atoms with Crippen LogP contribution < -0.4 is 5.32 Å². The Kier molecular flexibility index (Phi) is 7.87. The second-order valence-corrected chi connectivity index (χ2v) is 4.35. The zero-order chi connectivity index (χ0) is 11.5. The first-order valence-corrected chi connectivity index (χ1v) is 6.66. The molecule has 1 rings (SSSR count). The summed E-state index contributed by atoms with van der Waals surface area (Å²) in [5, 5.41) is 3.48. The number of hydrogen-bond acceptors (Lipinski definition) is 2. The lowest BCUT2D eigenvalue weighted by molar-refractivity contribution is 0.493. The maximum absolute atomic E-state index is 5.28. The second-order valence-electron chi connectivity index (χ2n) is 4.35. The van der Waals surface area contributed by atoms with Crippen LogP contribution >= 0.6 is 0 Å².